The molecule has 6 aromatic carbocycles. The van der Waals surface area contributed by atoms with Gasteiger partial charge in [-0.25, -0.2) is 4.79 Å². The highest BCUT2D eigenvalue weighted by molar-refractivity contribution is 5.49. The molecule has 9 nitrogen and oxygen atoms in total. The van der Waals surface area contributed by atoms with Gasteiger partial charge in [-0.15, -0.1) is 0 Å². The fourth-order valence-electron chi connectivity index (χ4n) is 8.72. The second kappa shape index (κ2) is 15.6. The van der Waals surface area contributed by atoms with Crippen LogP contribution in [0.15, 0.2) is 204 Å². The number of H-pyrrole nitrogens is 1. The maximum Gasteiger partial charge on any atom is 0.330 e. The van der Waals surface area contributed by atoms with Crippen LogP contribution in [0.1, 0.15) is 39.6 Å². The SMILES string of the molecule is O=c1ccn([C@@H]2O[C@H](COC(c3ccccc3)(c3ccccc3)c3ccccc3)[C@@]3(O[C@@H]3CO)[C@H]2OC(c2ccccc2)(c2ccccc2)c2ccccc2)c(=O)[nH]1. The number of aliphatic hydroxyl groups excluding tert-OH is 1. The molecule has 0 unspecified atom stereocenters. The molecule has 0 amide bonds. The normalized spacial score (nSPS) is 21.5. The molecule has 1 spiro atoms. The zero-order valence-corrected chi connectivity index (χ0v) is 31.5. The third-order valence-corrected chi connectivity index (χ3v) is 11.4. The summed E-state index contributed by atoms with van der Waals surface area (Å²) in [5, 5.41) is 10.9. The molecular weight excluding hydrogens is 729 g/mol. The average Bonchev–Trinajstić information content (AvgIpc) is 3.95. The van der Waals surface area contributed by atoms with E-state index in [1.54, 1.807) is 0 Å². The standard InChI is InChI=1S/C49H42N2O7/c52-33-41-49(57-41)42(34-55-47(35-19-7-1-8-20-35,36-21-9-2-10-22-36)37-23-11-3-12-24-37)56-45(51-32-31-43(53)50-46(51)54)44(49)58-48(38-25-13-4-14-26-38,39-27-15-5-16-28-39)40-29-17-6-18-30-40/h1-32,41-42,44-45,52H,33-34H2,(H,50,53,54)/t41-,42-,44+,45-,49-/m1/s1. The number of hydrogen-bond donors (Lipinski definition) is 2. The minimum Gasteiger partial charge on any atom is -0.394 e. The number of rotatable bonds is 13. The molecule has 5 atom stereocenters. The lowest BCUT2D eigenvalue weighted by atomic mass is 9.79. The first-order chi connectivity index (χ1) is 28.5. The van der Waals surface area contributed by atoms with Crippen LogP contribution in [0.25, 0.3) is 0 Å². The summed E-state index contributed by atoms with van der Waals surface area (Å²) < 4.78 is 29.9. The molecule has 0 saturated carbocycles. The van der Waals surface area contributed by atoms with Crippen molar-refractivity contribution in [3.63, 3.8) is 0 Å². The summed E-state index contributed by atoms with van der Waals surface area (Å²) in [6, 6.07) is 61.0. The van der Waals surface area contributed by atoms with E-state index in [2.05, 4.69) is 4.98 Å². The number of nitrogens with zero attached hydrogens (tertiary/aromatic N) is 1. The first kappa shape index (κ1) is 37.4. The highest BCUT2D eigenvalue weighted by Crippen LogP contribution is 2.58. The Bertz CT molecular complexity index is 2360. The van der Waals surface area contributed by atoms with E-state index in [0.29, 0.717) is 0 Å². The molecule has 0 aliphatic carbocycles. The summed E-state index contributed by atoms with van der Waals surface area (Å²) in [6.45, 7) is -0.387. The minimum atomic E-state index is -1.31. The largest absolute Gasteiger partial charge is 0.394 e. The van der Waals surface area contributed by atoms with E-state index < -0.39 is 52.6 Å². The summed E-state index contributed by atoms with van der Waals surface area (Å²) in [5.74, 6) is 0. The summed E-state index contributed by atoms with van der Waals surface area (Å²) in [5.41, 5.74) is 0.253. The van der Waals surface area contributed by atoms with Crippen molar-refractivity contribution in [3.05, 3.63) is 248 Å². The highest BCUT2D eigenvalue weighted by atomic mass is 16.7. The first-order valence-electron chi connectivity index (χ1n) is 19.4. The van der Waals surface area contributed by atoms with E-state index in [1.165, 1.54) is 16.8 Å². The molecule has 9 rings (SSSR count). The van der Waals surface area contributed by atoms with Crippen molar-refractivity contribution >= 4 is 0 Å². The van der Waals surface area contributed by atoms with Gasteiger partial charge < -0.3 is 24.1 Å². The van der Waals surface area contributed by atoms with Crippen LogP contribution in [0.5, 0.6) is 0 Å². The third-order valence-electron chi connectivity index (χ3n) is 11.4. The Morgan fingerprint density at radius 3 is 1.33 bits per heavy atom. The molecule has 1 aromatic heterocycles. The monoisotopic (exact) mass is 770 g/mol. The molecule has 2 N–H and O–H groups in total. The second-order valence-corrected chi connectivity index (χ2v) is 14.6. The molecule has 2 saturated heterocycles. The van der Waals surface area contributed by atoms with Crippen molar-refractivity contribution in [2.24, 2.45) is 0 Å². The summed E-state index contributed by atoms with van der Waals surface area (Å²) >= 11 is 0. The maximum atomic E-state index is 13.8. The van der Waals surface area contributed by atoms with Gasteiger partial charge in [0.1, 0.15) is 29.5 Å². The molecule has 3 heterocycles. The lowest BCUT2D eigenvalue weighted by Crippen LogP contribution is -2.49. The van der Waals surface area contributed by atoms with E-state index in [4.69, 9.17) is 18.9 Å². The van der Waals surface area contributed by atoms with Crippen molar-refractivity contribution in [2.75, 3.05) is 13.2 Å². The summed E-state index contributed by atoms with van der Waals surface area (Å²) in [7, 11) is 0. The van der Waals surface area contributed by atoms with Crippen LogP contribution in [0.4, 0.5) is 0 Å². The predicted molar refractivity (Wildman–Crippen MR) is 219 cm³/mol. The van der Waals surface area contributed by atoms with Gasteiger partial charge in [-0.3, -0.25) is 14.3 Å². The topological polar surface area (TPSA) is 115 Å². The van der Waals surface area contributed by atoms with Gasteiger partial charge in [-0.05, 0) is 33.4 Å². The molecule has 9 heteroatoms. The first-order valence-corrected chi connectivity index (χ1v) is 19.4. The van der Waals surface area contributed by atoms with Crippen LogP contribution < -0.4 is 11.2 Å². The molecule has 0 radical (unpaired) electrons. The number of aliphatic hydroxyl groups is 1. The van der Waals surface area contributed by atoms with E-state index in [0.717, 1.165) is 33.4 Å². The lowest BCUT2D eigenvalue weighted by molar-refractivity contribution is -0.122. The number of hydrogen-bond acceptors (Lipinski definition) is 7. The van der Waals surface area contributed by atoms with Crippen molar-refractivity contribution in [1.29, 1.82) is 0 Å². The van der Waals surface area contributed by atoms with E-state index in [9.17, 15) is 14.7 Å². The van der Waals surface area contributed by atoms with Gasteiger partial charge in [-0.1, -0.05) is 182 Å². The number of nitrogens with one attached hydrogen (secondary N) is 1. The van der Waals surface area contributed by atoms with Crippen LogP contribution in [0.3, 0.4) is 0 Å². The molecular formula is C49H42N2O7. The van der Waals surface area contributed by atoms with Gasteiger partial charge in [-0.2, -0.15) is 0 Å². The second-order valence-electron chi connectivity index (χ2n) is 14.6. The highest BCUT2D eigenvalue weighted by Gasteiger charge is 2.75. The Morgan fingerprint density at radius 1 is 0.569 bits per heavy atom. The molecule has 2 aliphatic heterocycles. The fourth-order valence-corrected chi connectivity index (χ4v) is 8.72. The van der Waals surface area contributed by atoms with Crippen molar-refractivity contribution in [1.82, 2.24) is 9.55 Å². The van der Waals surface area contributed by atoms with Crippen molar-refractivity contribution < 1.29 is 24.1 Å². The molecule has 58 heavy (non-hydrogen) atoms. The van der Waals surface area contributed by atoms with E-state index in [-0.39, 0.29) is 13.2 Å². The Morgan fingerprint density at radius 2 is 0.966 bits per heavy atom. The predicted octanol–water partition coefficient (Wildman–Crippen LogP) is 6.95. The average molecular weight is 771 g/mol. The molecule has 2 aliphatic rings. The molecule has 7 aromatic rings. The number of ether oxygens (including phenoxy) is 4. The van der Waals surface area contributed by atoms with Gasteiger partial charge in [0.05, 0.1) is 13.2 Å². The van der Waals surface area contributed by atoms with Gasteiger partial charge >= 0.3 is 5.69 Å². The molecule has 2 fully saturated rings. The van der Waals surface area contributed by atoms with Crippen LogP contribution in [0.2, 0.25) is 0 Å². The number of aromatic nitrogens is 2. The Labute approximate surface area is 335 Å². The van der Waals surface area contributed by atoms with Crippen LogP contribution in [-0.2, 0) is 30.1 Å². The number of epoxide rings is 1. The van der Waals surface area contributed by atoms with Crippen LogP contribution in [0, 0.1) is 0 Å². The van der Waals surface area contributed by atoms with Gasteiger partial charge in [0.2, 0.25) is 0 Å². The van der Waals surface area contributed by atoms with E-state index >= 15 is 0 Å². The smallest absolute Gasteiger partial charge is 0.330 e. The van der Waals surface area contributed by atoms with Crippen molar-refractivity contribution in [3.8, 4) is 0 Å². The van der Waals surface area contributed by atoms with Gasteiger partial charge in [0.15, 0.2) is 11.8 Å². The zero-order chi connectivity index (χ0) is 39.6. The zero-order valence-electron chi connectivity index (χ0n) is 31.5. The van der Waals surface area contributed by atoms with Crippen LogP contribution >= 0.6 is 0 Å². The van der Waals surface area contributed by atoms with Gasteiger partial charge in [0, 0.05) is 12.3 Å². The Kier molecular flexibility index (Phi) is 10.1. The lowest BCUT2D eigenvalue weighted by Gasteiger charge is -2.40. The minimum absolute atomic E-state index is 0.0430. The summed E-state index contributed by atoms with van der Waals surface area (Å²) in [6.07, 6.45) is -2.39. The fraction of sp³-hybridized carbons (Fsp3) is 0.184. The number of aromatic amines is 1. The van der Waals surface area contributed by atoms with E-state index in [1.807, 2.05) is 182 Å². The number of benzene rings is 6. The third kappa shape index (κ3) is 6.34. The van der Waals surface area contributed by atoms with Crippen molar-refractivity contribution in [2.45, 2.75) is 41.3 Å². The quantitative estimate of drug-likeness (QED) is 0.0964. The summed E-state index contributed by atoms with van der Waals surface area (Å²) in [4.78, 5) is 28.6. The Hall–Kier alpha value is -6.20. The van der Waals surface area contributed by atoms with Gasteiger partial charge in [0.25, 0.3) is 5.56 Å². The maximum absolute atomic E-state index is 13.8. The molecule has 0 bridgehead atoms. The molecule has 290 valence electrons. The van der Waals surface area contributed by atoms with Crippen LogP contribution in [-0.4, -0.2) is 51.8 Å². The Balaban J connectivity index is 1.23.